The average Bonchev–Trinajstić information content (AvgIpc) is 2.96. The van der Waals surface area contributed by atoms with E-state index in [2.05, 4.69) is 44.4 Å². The number of hydrogen-bond donors (Lipinski definition) is 0. The summed E-state index contributed by atoms with van der Waals surface area (Å²) in [6, 6.07) is 11.3. The minimum Gasteiger partial charge on any atom is -0.490 e. The Hall–Kier alpha value is -1.96. The van der Waals surface area contributed by atoms with E-state index >= 15 is 0 Å². The van der Waals surface area contributed by atoms with E-state index in [-0.39, 0.29) is 24.3 Å². The lowest BCUT2D eigenvalue weighted by atomic mass is 10.1. The Kier molecular flexibility index (Phi) is 7.86. The molecular weight excluding hydrogens is 581 g/mol. The Morgan fingerprint density at radius 1 is 1.23 bits per heavy atom. The highest BCUT2D eigenvalue weighted by molar-refractivity contribution is 14.1. The first-order chi connectivity index (χ1) is 14.4. The number of carbonyl (C=O) groups excluding carboxylic acids is 2. The number of ether oxygens (including phenoxy) is 2. The molecular formula is C22H17BrINO4S. The first-order valence-corrected chi connectivity index (χ1v) is 11.6. The molecule has 30 heavy (non-hydrogen) atoms. The van der Waals surface area contributed by atoms with Gasteiger partial charge in [-0.05, 0) is 98.7 Å². The van der Waals surface area contributed by atoms with Gasteiger partial charge in [-0.1, -0.05) is 18.1 Å². The number of amides is 2. The molecule has 1 aliphatic rings. The number of nitrogens with zero attached hydrogens (tertiary/aromatic N) is 1. The van der Waals surface area contributed by atoms with Gasteiger partial charge in [0.15, 0.2) is 11.5 Å². The van der Waals surface area contributed by atoms with E-state index in [9.17, 15) is 9.59 Å². The third kappa shape index (κ3) is 5.39. The first-order valence-electron chi connectivity index (χ1n) is 8.95. The molecule has 0 aliphatic carbocycles. The van der Waals surface area contributed by atoms with E-state index in [1.165, 1.54) is 4.90 Å². The molecule has 0 spiro atoms. The van der Waals surface area contributed by atoms with Crippen LogP contribution < -0.4 is 9.47 Å². The second-order valence-electron chi connectivity index (χ2n) is 6.15. The highest BCUT2D eigenvalue weighted by Crippen LogP contribution is 2.39. The molecule has 1 saturated heterocycles. The van der Waals surface area contributed by atoms with Crippen LogP contribution in [0.3, 0.4) is 0 Å². The third-order valence-corrected chi connectivity index (χ3v) is 6.27. The molecule has 2 amide bonds. The predicted molar refractivity (Wildman–Crippen MR) is 130 cm³/mol. The predicted octanol–water partition coefficient (Wildman–Crippen LogP) is 5.70. The summed E-state index contributed by atoms with van der Waals surface area (Å²) in [6.45, 7) is 2.65. The monoisotopic (exact) mass is 597 g/mol. The van der Waals surface area contributed by atoms with Crippen molar-refractivity contribution in [3.63, 3.8) is 0 Å². The minimum atomic E-state index is -0.315. The molecule has 5 nitrogen and oxygen atoms in total. The van der Waals surface area contributed by atoms with E-state index in [1.807, 2.05) is 31.2 Å². The van der Waals surface area contributed by atoms with Crippen LogP contribution in [0.25, 0.3) is 6.08 Å². The van der Waals surface area contributed by atoms with E-state index in [1.54, 1.807) is 18.2 Å². The molecule has 1 heterocycles. The molecule has 0 atom stereocenters. The summed E-state index contributed by atoms with van der Waals surface area (Å²) in [7, 11) is 0. The van der Waals surface area contributed by atoms with Gasteiger partial charge in [0.1, 0.15) is 6.61 Å². The Labute approximate surface area is 201 Å². The quantitative estimate of drug-likeness (QED) is 0.233. The largest absolute Gasteiger partial charge is 0.490 e. The van der Waals surface area contributed by atoms with Crippen molar-refractivity contribution in [2.24, 2.45) is 0 Å². The zero-order chi connectivity index (χ0) is 21.7. The first kappa shape index (κ1) is 22.7. The van der Waals surface area contributed by atoms with E-state index in [0.29, 0.717) is 33.0 Å². The minimum absolute atomic E-state index is 0.107. The maximum absolute atomic E-state index is 12.8. The maximum atomic E-state index is 12.8. The van der Waals surface area contributed by atoms with Crippen LogP contribution in [0.15, 0.2) is 45.8 Å². The summed E-state index contributed by atoms with van der Waals surface area (Å²) in [5.41, 5.74) is 1.61. The lowest BCUT2D eigenvalue weighted by Gasteiger charge is -2.13. The van der Waals surface area contributed by atoms with Gasteiger partial charge in [0.25, 0.3) is 11.1 Å². The molecule has 0 radical (unpaired) electrons. The Balaban J connectivity index is 1.85. The van der Waals surface area contributed by atoms with Gasteiger partial charge in [0.05, 0.1) is 22.5 Å². The summed E-state index contributed by atoms with van der Waals surface area (Å²) in [5, 5.41) is -0.289. The zero-order valence-corrected chi connectivity index (χ0v) is 20.5. The van der Waals surface area contributed by atoms with E-state index in [0.717, 1.165) is 20.9 Å². The second kappa shape index (κ2) is 10.4. The van der Waals surface area contributed by atoms with Gasteiger partial charge in [-0.3, -0.25) is 14.5 Å². The summed E-state index contributed by atoms with van der Waals surface area (Å²) in [4.78, 5) is 26.8. The molecule has 1 fully saturated rings. The molecule has 2 aromatic rings. The normalized spacial score (nSPS) is 14.9. The molecule has 1 aliphatic heterocycles. The van der Waals surface area contributed by atoms with E-state index < -0.39 is 0 Å². The van der Waals surface area contributed by atoms with Gasteiger partial charge in [0, 0.05) is 3.57 Å². The fourth-order valence-electron chi connectivity index (χ4n) is 2.75. The van der Waals surface area contributed by atoms with Crippen molar-refractivity contribution in [2.75, 3.05) is 13.2 Å². The number of halogens is 2. The average molecular weight is 598 g/mol. The standard InChI is InChI=1S/C22H17BrINO4S/c1-3-9-29-20-17(23)10-15(11-18(20)28-4-2)12-19-21(26)25(22(27)30-19)13-14-5-7-16(24)8-6-14/h1,5-8,10-12H,4,9,13H2,2H3/b19-12-. The van der Waals surface area contributed by atoms with E-state index in [4.69, 9.17) is 15.9 Å². The fourth-order valence-corrected chi connectivity index (χ4v) is 4.52. The summed E-state index contributed by atoms with van der Waals surface area (Å²) < 4.78 is 13.0. The second-order valence-corrected chi connectivity index (χ2v) is 9.24. The fraction of sp³-hybridized carbons (Fsp3) is 0.182. The van der Waals surface area contributed by atoms with Gasteiger partial charge >= 0.3 is 0 Å². The topological polar surface area (TPSA) is 55.8 Å². The Morgan fingerprint density at radius 3 is 2.63 bits per heavy atom. The van der Waals surface area contributed by atoms with Crippen molar-refractivity contribution in [3.8, 4) is 23.8 Å². The zero-order valence-electron chi connectivity index (χ0n) is 16.0. The molecule has 3 rings (SSSR count). The lowest BCUT2D eigenvalue weighted by molar-refractivity contribution is -0.123. The van der Waals surface area contributed by atoms with Crippen LogP contribution in [0.1, 0.15) is 18.1 Å². The maximum Gasteiger partial charge on any atom is 0.293 e. The van der Waals surface area contributed by atoms with Gasteiger partial charge in [-0.15, -0.1) is 6.42 Å². The van der Waals surface area contributed by atoms with Crippen LogP contribution in [0, 0.1) is 15.9 Å². The molecule has 154 valence electrons. The summed E-state index contributed by atoms with van der Waals surface area (Å²) in [6.07, 6.45) is 6.95. The van der Waals surface area contributed by atoms with Gasteiger partial charge in [-0.25, -0.2) is 0 Å². The number of thioether (sulfide) groups is 1. The molecule has 8 heteroatoms. The van der Waals surface area contributed by atoms with Crippen molar-refractivity contribution in [2.45, 2.75) is 13.5 Å². The van der Waals surface area contributed by atoms with Crippen molar-refractivity contribution in [1.82, 2.24) is 4.90 Å². The molecule has 0 bridgehead atoms. The van der Waals surface area contributed by atoms with Crippen LogP contribution in [-0.4, -0.2) is 29.3 Å². The Bertz CT molecular complexity index is 1050. The number of hydrogen-bond acceptors (Lipinski definition) is 5. The summed E-state index contributed by atoms with van der Waals surface area (Å²) >= 11 is 6.60. The lowest BCUT2D eigenvalue weighted by Crippen LogP contribution is -2.27. The van der Waals surface area contributed by atoms with Crippen LogP contribution in [-0.2, 0) is 11.3 Å². The van der Waals surface area contributed by atoms with Crippen LogP contribution in [0.4, 0.5) is 4.79 Å². The van der Waals surface area contributed by atoms with Crippen molar-refractivity contribution >= 4 is 67.5 Å². The molecule has 2 aromatic carbocycles. The van der Waals surface area contributed by atoms with Crippen LogP contribution in [0.5, 0.6) is 11.5 Å². The molecule has 0 saturated carbocycles. The number of imide groups is 1. The van der Waals surface area contributed by atoms with Crippen LogP contribution >= 0.6 is 50.3 Å². The smallest absolute Gasteiger partial charge is 0.293 e. The van der Waals surface area contributed by atoms with Gasteiger partial charge in [-0.2, -0.15) is 0 Å². The molecule has 0 N–H and O–H groups in total. The number of carbonyl (C=O) groups is 2. The summed E-state index contributed by atoms with van der Waals surface area (Å²) in [5.74, 6) is 3.11. The number of benzene rings is 2. The van der Waals surface area contributed by atoms with Crippen LogP contribution in [0.2, 0.25) is 0 Å². The van der Waals surface area contributed by atoms with Crippen molar-refractivity contribution < 1.29 is 19.1 Å². The SMILES string of the molecule is C#CCOc1c(Br)cc(/C=C2\SC(=O)N(Cc3ccc(I)cc3)C2=O)cc1OCC. The van der Waals surface area contributed by atoms with Crippen molar-refractivity contribution in [1.29, 1.82) is 0 Å². The number of rotatable bonds is 7. The highest BCUT2D eigenvalue weighted by Gasteiger charge is 2.35. The highest BCUT2D eigenvalue weighted by atomic mass is 127. The molecule has 0 aromatic heterocycles. The third-order valence-electron chi connectivity index (χ3n) is 4.06. The van der Waals surface area contributed by atoms with Crippen molar-refractivity contribution in [3.05, 3.63) is 60.5 Å². The Morgan fingerprint density at radius 2 is 1.97 bits per heavy atom. The number of terminal acetylenes is 1. The molecule has 0 unspecified atom stereocenters. The van der Waals surface area contributed by atoms with Gasteiger partial charge in [0.2, 0.25) is 0 Å². The van der Waals surface area contributed by atoms with Gasteiger partial charge < -0.3 is 9.47 Å².